The second-order valence-corrected chi connectivity index (χ2v) is 6.07. The molecule has 5 nitrogen and oxygen atoms in total. The maximum absolute atomic E-state index is 12.5. The number of benzene rings is 2. The Balaban J connectivity index is 1.67. The molecule has 0 saturated heterocycles. The molecule has 1 amide bonds. The first-order chi connectivity index (χ1) is 12.0. The first kappa shape index (κ1) is 17.0. The Morgan fingerprint density at radius 2 is 1.96 bits per heavy atom. The lowest BCUT2D eigenvalue weighted by molar-refractivity contribution is 0.0768. The number of aromatic amines is 1. The Hall–Kier alpha value is -2.79. The van der Waals surface area contributed by atoms with Gasteiger partial charge in [-0.1, -0.05) is 35.9 Å². The first-order valence-corrected chi connectivity index (χ1v) is 8.18. The molecule has 0 aliphatic heterocycles. The maximum atomic E-state index is 12.5. The summed E-state index contributed by atoms with van der Waals surface area (Å²) in [4.78, 5) is 28.8. The zero-order chi connectivity index (χ0) is 17.8. The molecule has 25 heavy (non-hydrogen) atoms. The van der Waals surface area contributed by atoms with Crippen molar-refractivity contribution in [3.05, 3.63) is 75.7 Å². The molecule has 1 heterocycles. The number of carbonyl (C=O) groups excluding carboxylic acids is 1. The van der Waals surface area contributed by atoms with Crippen molar-refractivity contribution in [2.45, 2.75) is 0 Å². The lowest BCUT2D eigenvalue weighted by Gasteiger charge is -2.17. The van der Waals surface area contributed by atoms with E-state index in [1.165, 1.54) is 4.90 Å². The van der Waals surface area contributed by atoms with E-state index >= 15 is 0 Å². The second kappa shape index (κ2) is 7.40. The number of aromatic nitrogens is 1. The van der Waals surface area contributed by atoms with Crippen LogP contribution in [-0.4, -0.2) is 36.0 Å². The van der Waals surface area contributed by atoms with Crippen LogP contribution in [0.15, 0.2) is 59.4 Å². The van der Waals surface area contributed by atoms with E-state index in [1.807, 2.05) is 12.1 Å². The number of fused-ring (bicyclic) bond motifs is 1. The van der Waals surface area contributed by atoms with Gasteiger partial charge in [-0.25, -0.2) is 0 Å². The molecule has 3 aromatic rings. The molecule has 0 bridgehead atoms. The topological polar surface area (TPSA) is 62.4 Å². The molecule has 0 aliphatic rings. The summed E-state index contributed by atoms with van der Waals surface area (Å²) >= 11 is 5.90. The van der Waals surface area contributed by atoms with E-state index in [-0.39, 0.29) is 17.2 Å². The Labute approximate surface area is 149 Å². The molecule has 2 aromatic carbocycles. The van der Waals surface area contributed by atoms with Crippen molar-refractivity contribution >= 4 is 28.3 Å². The van der Waals surface area contributed by atoms with E-state index in [0.29, 0.717) is 29.3 Å². The average molecular weight is 357 g/mol. The van der Waals surface area contributed by atoms with E-state index in [0.717, 1.165) is 5.39 Å². The van der Waals surface area contributed by atoms with Crippen molar-refractivity contribution in [1.29, 1.82) is 0 Å². The highest BCUT2D eigenvalue weighted by Gasteiger charge is 2.14. The number of rotatable bonds is 5. The SMILES string of the molecule is CN(CCOc1cccc(Cl)c1)C(=O)c1cc2ccccc2c(=O)[nH]1. The molecule has 0 fully saturated rings. The van der Waals surface area contributed by atoms with Gasteiger partial charge in [0, 0.05) is 17.5 Å². The number of hydrogen-bond donors (Lipinski definition) is 1. The first-order valence-electron chi connectivity index (χ1n) is 7.80. The van der Waals surface area contributed by atoms with Gasteiger partial charge in [-0.2, -0.15) is 0 Å². The molecule has 6 heteroatoms. The van der Waals surface area contributed by atoms with Crippen LogP contribution >= 0.6 is 11.6 Å². The highest BCUT2D eigenvalue weighted by molar-refractivity contribution is 6.30. The molecule has 1 aromatic heterocycles. The molecule has 0 spiro atoms. The summed E-state index contributed by atoms with van der Waals surface area (Å²) in [5, 5.41) is 1.89. The zero-order valence-electron chi connectivity index (χ0n) is 13.7. The number of hydrogen-bond acceptors (Lipinski definition) is 3. The summed E-state index contributed by atoms with van der Waals surface area (Å²) in [5.41, 5.74) is -0.0148. The Bertz CT molecular complexity index is 968. The molecule has 128 valence electrons. The van der Waals surface area contributed by atoms with Crippen LogP contribution in [0.3, 0.4) is 0 Å². The molecule has 0 radical (unpaired) electrons. The van der Waals surface area contributed by atoms with Gasteiger partial charge in [0.25, 0.3) is 11.5 Å². The maximum Gasteiger partial charge on any atom is 0.270 e. The van der Waals surface area contributed by atoms with E-state index < -0.39 is 0 Å². The van der Waals surface area contributed by atoms with Gasteiger partial charge < -0.3 is 14.6 Å². The van der Waals surface area contributed by atoms with Gasteiger partial charge in [-0.15, -0.1) is 0 Å². The number of halogens is 1. The quantitative estimate of drug-likeness (QED) is 0.762. The summed E-state index contributed by atoms with van der Waals surface area (Å²) in [5.74, 6) is 0.380. The minimum absolute atomic E-state index is 0.258. The number of pyridine rings is 1. The van der Waals surface area contributed by atoms with E-state index in [4.69, 9.17) is 16.3 Å². The molecule has 3 rings (SSSR count). The normalized spacial score (nSPS) is 10.6. The number of nitrogens with zero attached hydrogens (tertiary/aromatic N) is 1. The Morgan fingerprint density at radius 3 is 2.76 bits per heavy atom. The standard InChI is InChI=1S/C19H17ClN2O3/c1-22(9-10-25-15-7-4-6-14(20)12-15)19(24)17-11-13-5-2-3-8-16(13)18(23)21-17/h2-8,11-12H,9-10H2,1H3,(H,21,23). The van der Waals surface area contributed by atoms with Crippen molar-refractivity contribution in [2.75, 3.05) is 20.2 Å². The van der Waals surface area contributed by atoms with Crippen LogP contribution in [0.5, 0.6) is 5.75 Å². The Morgan fingerprint density at radius 1 is 1.16 bits per heavy atom. The minimum Gasteiger partial charge on any atom is -0.492 e. The Kier molecular flexibility index (Phi) is 5.05. The fraction of sp³-hybridized carbons (Fsp3) is 0.158. The van der Waals surface area contributed by atoms with Gasteiger partial charge in [0.15, 0.2) is 0 Å². The van der Waals surface area contributed by atoms with Gasteiger partial charge >= 0.3 is 0 Å². The van der Waals surface area contributed by atoms with Crippen molar-refractivity contribution in [3.8, 4) is 5.75 Å². The molecular formula is C19H17ClN2O3. The molecular weight excluding hydrogens is 340 g/mol. The van der Waals surface area contributed by atoms with Crippen LogP contribution < -0.4 is 10.3 Å². The third kappa shape index (κ3) is 4.00. The summed E-state index contributed by atoms with van der Waals surface area (Å²) in [6, 6.07) is 15.9. The highest BCUT2D eigenvalue weighted by Crippen LogP contribution is 2.17. The summed E-state index contributed by atoms with van der Waals surface area (Å²) in [6.45, 7) is 0.695. The number of ether oxygens (including phenoxy) is 1. The lowest BCUT2D eigenvalue weighted by atomic mass is 10.1. The van der Waals surface area contributed by atoms with Crippen LogP contribution in [0.1, 0.15) is 10.5 Å². The fourth-order valence-corrected chi connectivity index (χ4v) is 2.67. The monoisotopic (exact) mass is 356 g/mol. The minimum atomic E-state index is -0.273. The van der Waals surface area contributed by atoms with Gasteiger partial charge in [0.1, 0.15) is 18.1 Å². The van der Waals surface area contributed by atoms with Gasteiger partial charge in [0.2, 0.25) is 0 Å². The molecule has 0 saturated carbocycles. The van der Waals surface area contributed by atoms with Gasteiger partial charge in [-0.3, -0.25) is 9.59 Å². The molecule has 0 aliphatic carbocycles. The van der Waals surface area contributed by atoms with Gasteiger partial charge in [0.05, 0.1) is 6.54 Å². The molecule has 1 N–H and O–H groups in total. The van der Waals surface area contributed by atoms with E-state index in [1.54, 1.807) is 49.5 Å². The molecule has 0 atom stereocenters. The number of amides is 1. The van der Waals surface area contributed by atoms with Crippen LogP contribution in [-0.2, 0) is 0 Å². The summed E-state index contributed by atoms with van der Waals surface area (Å²) < 4.78 is 5.59. The number of H-pyrrole nitrogens is 1. The van der Waals surface area contributed by atoms with Crippen molar-refractivity contribution in [3.63, 3.8) is 0 Å². The van der Waals surface area contributed by atoms with E-state index in [9.17, 15) is 9.59 Å². The number of nitrogens with one attached hydrogen (secondary N) is 1. The van der Waals surface area contributed by atoms with E-state index in [2.05, 4.69) is 4.98 Å². The van der Waals surface area contributed by atoms with Crippen LogP contribution in [0.2, 0.25) is 5.02 Å². The largest absolute Gasteiger partial charge is 0.492 e. The third-order valence-corrected chi connectivity index (χ3v) is 4.06. The number of likely N-dealkylation sites (N-methyl/N-ethyl adjacent to an activating group) is 1. The molecule has 0 unspecified atom stereocenters. The van der Waals surface area contributed by atoms with Crippen molar-refractivity contribution in [2.24, 2.45) is 0 Å². The van der Waals surface area contributed by atoms with Crippen LogP contribution in [0.4, 0.5) is 0 Å². The zero-order valence-corrected chi connectivity index (χ0v) is 14.4. The lowest BCUT2D eigenvalue weighted by Crippen LogP contribution is -2.32. The highest BCUT2D eigenvalue weighted by atomic mass is 35.5. The summed E-state index contributed by atoms with van der Waals surface area (Å²) in [7, 11) is 1.66. The fourth-order valence-electron chi connectivity index (χ4n) is 2.49. The van der Waals surface area contributed by atoms with Crippen molar-refractivity contribution in [1.82, 2.24) is 9.88 Å². The third-order valence-electron chi connectivity index (χ3n) is 3.82. The van der Waals surface area contributed by atoms with Crippen LogP contribution in [0, 0.1) is 0 Å². The predicted octanol–water partition coefficient (Wildman–Crippen LogP) is 3.33. The second-order valence-electron chi connectivity index (χ2n) is 5.63. The van der Waals surface area contributed by atoms with Gasteiger partial charge in [-0.05, 0) is 35.7 Å². The summed E-state index contributed by atoms with van der Waals surface area (Å²) in [6.07, 6.45) is 0. The number of carbonyl (C=O) groups is 1. The smallest absolute Gasteiger partial charge is 0.270 e. The van der Waals surface area contributed by atoms with Crippen molar-refractivity contribution < 1.29 is 9.53 Å². The average Bonchev–Trinajstić information content (AvgIpc) is 2.61. The predicted molar refractivity (Wildman–Crippen MR) is 98.5 cm³/mol. The van der Waals surface area contributed by atoms with Crippen LogP contribution in [0.25, 0.3) is 10.8 Å².